The number of nitrogens with zero attached hydrogens (tertiary/aromatic N) is 1. The fourth-order valence-corrected chi connectivity index (χ4v) is 1.16. The molecule has 1 aliphatic rings. The minimum Gasteiger partial charge on any atom is -0.447 e. The number of ether oxygens (including phenoxy) is 1. The van der Waals surface area contributed by atoms with Crippen molar-refractivity contribution < 1.29 is 9.53 Å². The Bertz CT molecular complexity index is 229. The largest absolute Gasteiger partial charge is 0.447 e. The van der Waals surface area contributed by atoms with Crippen LogP contribution in [0.4, 0.5) is 4.79 Å². The molecular weight excluding hydrogens is 154 g/mol. The van der Waals surface area contributed by atoms with Crippen LogP contribution in [0, 0.1) is 12.3 Å². The van der Waals surface area contributed by atoms with Crippen molar-refractivity contribution in [1.82, 2.24) is 4.90 Å². The summed E-state index contributed by atoms with van der Waals surface area (Å²) >= 11 is 0. The molecule has 1 heterocycles. The first-order valence-corrected chi connectivity index (χ1v) is 3.77. The smallest absolute Gasteiger partial charge is 0.410 e. The van der Waals surface area contributed by atoms with Gasteiger partial charge in [0.05, 0.1) is 6.04 Å². The van der Waals surface area contributed by atoms with E-state index in [0.29, 0.717) is 19.6 Å². The van der Waals surface area contributed by atoms with Gasteiger partial charge >= 0.3 is 6.09 Å². The Kier molecular flexibility index (Phi) is 2.76. The fraction of sp³-hybridized carbons (Fsp3) is 0.444. The molecule has 1 amide bonds. The predicted octanol–water partition coefficient (Wildman–Crippen LogP) is 1.02. The van der Waals surface area contributed by atoms with E-state index in [2.05, 4.69) is 12.5 Å². The molecule has 1 aliphatic heterocycles. The lowest BCUT2D eigenvalue weighted by atomic mass is 10.2. The topological polar surface area (TPSA) is 29.5 Å². The Balaban J connectivity index is 2.58. The second-order valence-electron chi connectivity index (χ2n) is 2.58. The van der Waals surface area contributed by atoms with E-state index in [4.69, 9.17) is 11.2 Å². The van der Waals surface area contributed by atoms with Gasteiger partial charge in [-0.05, 0) is 0 Å². The standard InChI is InChI=1S/C9H11NO2/c1-3-5-8-7-12-9(11)10(8)6-4-2/h1,4,8H,2,5-7H2. The summed E-state index contributed by atoms with van der Waals surface area (Å²) in [4.78, 5) is 12.6. The monoisotopic (exact) mass is 165 g/mol. The number of hydrogen-bond donors (Lipinski definition) is 0. The van der Waals surface area contributed by atoms with E-state index in [9.17, 15) is 4.79 Å². The summed E-state index contributed by atoms with van der Waals surface area (Å²) in [6, 6.07) is 0.0282. The van der Waals surface area contributed by atoms with E-state index in [-0.39, 0.29) is 12.1 Å². The minimum atomic E-state index is -0.296. The highest BCUT2D eigenvalue weighted by molar-refractivity contribution is 5.70. The molecule has 1 atom stereocenters. The Hall–Kier alpha value is -1.43. The average Bonchev–Trinajstić information content (AvgIpc) is 2.37. The van der Waals surface area contributed by atoms with Crippen LogP contribution in [0.5, 0.6) is 0 Å². The molecule has 64 valence electrons. The first-order chi connectivity index (χ1) is 5.79. The first-order valence-electron chi connectivity index (χ1n) is 3.77. The van der Waals surface area contributed by atoms with Gasteiger partial charge in [-0.25, -0.2) is 4.79 Å². The van der Waals surface area contributed by atoms with Crippen molar-refractivity contribution in [2.45, 2.75) is 12.5 Å². The van der Waals surface area contributed by atoms with Gasteiger partial charge in [0.2, 0.25) is 0 Å². The summed E-state index contributed by atoms with van der Waals surface area (Å²) in [5, 5.41) is 0. The van der Waals surface area contributed by atoms with E-state index < -0.39 is 0 Å². The molecule has 0 saturated carbocycles. The van der Waals surface area contributed by atoms with Crippen LogP contribution >= 0.6 is 0 Å². The van der Waals surface area contributed by atoms with Crippen molar-refractivity contribution in [2.75, 3.05) is 13.2 Å². The molecule has 0 radical (unpaired) electrons. The molecule has 0 aromatic rings. The van der Waals surface area contributed by atoms with Crippen LogP contribution in [-0.2, 0) is 4.74 Å². The van der Waals surface area contributed by atoms with Crippen LogP contribution in [-0.4, -0.2) is 30.2 Å². The number of terminal acetylenes is 1. The van der Waals surface area contributed by atoms with Gasteiger partial charge in [-0.1, -0.05) is 6.08 Å². The maximum Gasteiger partial charge on any atom is 0.410 e. The second kappa shape index (κ2) is 3.82. The summed E-state index contributed by atoms with van der Waals surface area (Å²) in [6.45, 7) is 4.46. The Morgan fingerprint density at radius 1 is 1.92 bits per heavy atom. The number of hydrogen-bond acceptors (Lipinski definition) is 2. The highest BCUT2D eigenvalue weighted by Crippen LogP contribution is 2.14. The molecule has 3 nitrogen and oxygen atoms in total. The van der Waals surface area contributed by atoms with Gasteiger partial charge < -0.3 is 4.74 Å². The highest BCUT2D eigenvalue weighted by Gasteiger charge is 2.30. The van der Waals surface area contributed by atoms with Crippen LogP contribution in [0.1, 0.15) is 6.42 Å². The molecule has 1 unspecified atom stereocenters. The van der Waals surface area contributed by atoms with Crippen molar-refractivity contribution in [3.63, 3.8) is 0 Å². The summed E-state index contributed by atoms with van der Waals surface area (Å²) in [7, 11) is 0. The normalized spacial score (nSPS) is 21.8. The zero-order chi connectivity index (χ0) is 8.97. The number of rotatable bonds is 3. The van der Waals surface area contributed by atoms with Crippen LogP contribution in [0.15, 0.2) is 12.7 Å². The van der Waals surface area contributed by atoms with Crippen molar-refractivity contribution in [2.24, 2.45) is 0 Å². The van der Waals surface area contributed by atoms with E-state index in [1.54, 1.807) is 11.0 Å². The van der Waals surface area contributed by atoms with Crippen molar-refractivity contribution in [1.29, 1.82) is 0 Å². The first kappa shape index (κ1) is 8.66. The highest BCUT2D eigenvalue weighted by atomic mass is 16.6. The number of carbonyl (C=O) groups excluding carboxylic acids is 1. The molecule has 0 bridgehead atoms. The van der Waals surface area contributed by atoms with Gasteiger partial charge in [-0.2, -0.15) is 0 Å². The fourth-order valence-electron chi connectivity index (χ4n) is 1.16. The number of cyclic esters (lactones) is 1. The van der Waals surface area contributed by atoms with E-state index in [0.717, 1.165) is 0 Å². The quantitative estimate of drug-likeness (QED) is 0.461. The molecular formula is C9H11NO2. The zero-order valence-electron chi connectivity index (χ0n) is 6.82. The molecule has 0 spiro atoms. The molecule has 12 heavy (non-hydrogen) atoms. The average molecular weight is 165 g/mol. The van der Waals surface area contributed by atoms with Crippen molar-refractivity contribution >= 4 is 6.09 Å². The maximum atomic E-state index is 11.0. The molecule has 0 aliphatic carbocycles. The third-order valence-electron chi connectivity index (χ3n) is 1.75. The summed E-state index contributed by atoms with van der Waals surface area (Å²) in [6.07, 6.45) is 7.05. The molecule has 1 rings (SSSR count). The summed E-state index contributed by atoms with van der Waals surface area (Å²) in [5.41, 5.74) is 0. The molecule has 0 aromatic heterocycles. The van der Waals surface area contributed by atoms with Crippen molar-refractivity contribution in [3.8, 4) is 12.3 Å². The molecule has 1 saturated heterocycles. The minimum absolute atomic E-state index is 0.0282. The Morgan fingerprint density at radius 2 is 2.67 bits per heavy atom. The predicted molar refractivity (Wildman–Crippen MR) is 45.5 cm³/mol. The zero-order valence-corrected chi connectivity index (χ0v) is 6.82. The summed E-state index contributed by atoms with van der Waals surface area (Å²) < 4.78 is 4.83. The second-order valence-corrected chi connectivity index (χ2v) is 2.58. The lowest BCUT2D eigenvalue weighted by Gasteiger charge is -2.16. The van der Waals surface area contributed by atoms with E-state index in [1.165, 1.54) is 0 Å². The lowest BCUT2D eigenvalue weighted by molar-refractivity contribution is 0.160. The SMILES string of the molecule is C#CCC1COC(=O)N1CC=C. The van der Waals surface area contributed by atoms with Crippen molar-refractivity contribution in [3.05, 3.63) is 12.7 Å². The van der Waals surface area contributed by atoms with Gasteiger partial charge in [0.25, 0.3) is 0 Å². The van der Waals surface area contributed by atoms with E-state index in [1.807, 2.05) is 0 Å². The third-order valence-corrected chi connectivity index (χ3v) is 1.75. The third kappa shape index (κ3) is 1.59. The van der Waals surface area contributed by atoms with Crippen LogP contribution in [0.2, 0.25) is 0 Å². The maximum absolute atomic E-state index is 11.0. The van der Waals surface area contributed by atoms with Crippen LogP contribution < -0.4 is 0 Å². The van der Waals surface area contributed by atoms with Gasteiger partial charge in [-0.3, -0.25) is 4.90 Å². The van der Waals surface area contributed by atoms with Crippen LogP contribution in [0.3, 0.4) is 0 Å². The molecule has 1 fully saturated rings. The molecule has 3 heteroatoms. The van der Waals surface area contributed by atoms with E-state index >= 15 is 0 Å². The lowest BCUT2D eigenvalue weighted by Crippen LogP contribution is -2.33. The number of amides is 1. The van der Waals surface area contributed by atoms with Crippen LogP contribution in [0.25, 0.3) is 0 Å². The molecule has 0 aromatic carbocycles. The Labute approximate surface area is 72.0 Å². The summed E-state index contributed by atoms with van der Waals surface area (Å²) in [5.74, 6) is 2.51. The van der Waals surface area contributed by atoms with Gasteiger partial charge in [-0.15, -0.1) is 18.9 Å². The Morgan fingerprint density at radius 3 is 3.25 bits per heavy atom. The number of carbonyl (C=O) groups is 1. The molecule has 0 N–H and O–H groups in total. The van der Waals surface area contributed by atoms with Gasteiger partial charge in [0, 0.05) is 13.0 Å². The van der Waals surface area contributed by atoms with Gasteiger partial charge in [0.1, 0.15) is 6.61 Å². The van der Waals surface area contributed by atoms with Gasteiger partial charge in [0.15, 0.2) is 0 Å².